The number of rotatable bonds is 3. The summed E-state index contributed by atoms with van der Waals surface area (Å²) in [5.41, 5.74) is 0.903. The average molecular weight is 418 g/mol. The van der Waals surface area contributed by atoms with Crippen molar-refractivity contribution < 1.29 is 30.9 Å². The van der Waals surface area contributed by atoms with Gasteiger partial charge in [-0.25, -0.2) is 8.42 Å². The molecule has 0 bridgehead atoms. The summed E-state index contributed by atoms with van der Waals surface area (Å²) < 4.78 is 63.0. The molecule has 0 fully saturated rings. The Labute approximate surface area is 156 Å². The second kappa shape index (κ2) is 7.57. The molecule has 142 valence electrons. The molecule has 10 heteroatoms. The third-order valence-corrected chi connectivity index (χ3v) is 7.09. The smallest absolute Gasteiger partial charge is 0.295 e. The minimum atomic E-state index is -4.20. The van der Waals surface area contributed by atoms with E-state index in [1.165, 1.54) is 13.0 Å². The van der Waals surface area contributed by atoms with Gasteiger partial charge in [0, 0.05) is 17.6 Å². The number of thiazole rings is 1. The van der Waals surface area contributed by atoms with Crippen LogP contribution in [-0.4, -0.2) is 31.2 Å². The van der Waals surface area contributed by atoms with Crippen molar-refractivity contribution in [3.63, 3.8) is 0 Å². The minimum Gasteiger partial charge on any atom is -0.748 e. The lowest BCUT2D eigenvalue weighted by atomic mass is 10.1. The minimum absolute atomic E-state index is 0.0563. The maximum absolute atomic E-state index is 11.3. The van der Waals surface area contributed by atoms with Crippen LogP contribution in [-0.2, 0) is 20.2 Å². The van der Waals surface area contributed by atoms with Gasteiger partial charge in [-0.3, -0.25) is 4.55 Å². The van der Waals surface area contributed by atoms with E-state index in [2.05, 4.69) is 4.98 Å². The van der Waals surface area contributed by atoms with Crippen LogP contribution in [0.1, 0.15) is 25.3 Å². The summed E-state index contributed by atoms with van der Waals surface area (Å²) in [4.78, 5) is 3.17. The van der Waals surface area contributed by atoms with Crippen LogP contribution in [0.4, 0.5) is 0 Å². The lowest BCUT2D eigenvalue weighted by Crippen LogP contribution is -2.14. The van der Waals surface area contributed by atoms with Crippen LogP contribution >= 0.6 is 11.3 Å². The van der Waals surface area contributed by atoms with Crippen molar-refractivity contribution in [2.45, 2.75) is 37.3 Å². The predicted molar refractivity (Wildman–Crippen MR) is 99.9 cm³/mol. The second-order valence-corrected chi connectivity index (χ2v) is 10.2. The van der Waals surface area contributed by atoms with Gasteiger partial charge in [0.2, 0.25) is 10.5 Å². The Balaban J connectivity index is 0.000000260. The molecule has 1 atom stereocenters. The summed E-state index contributed by atoms with van der Waals surface area (Å²) in [5.74, 6) is 0. The number of aryl methyl sites for hydroxylation is 1. The van der Waals surface area contributed by atoms with E-state index >= 15 is 0 Å². The van der Waals surface area contributed by atoms with Crippen LogP contribution in [0.3, 0.4) is 0 Å². The Bertz CT molecular complexity index is 1150. The number of hydrogen-bond donors (Lipinski definition) is 1. The quantitative estimate of drug-likeness (QED) is 0.653. The van der Waals surface area contributed by atoms with Crippen molar-refractivity contribution in [1.82, 2.24) is 0 Å². The Morgan fingerprint density at radius 3 is 2.31 bits per heavy atom. The number of aromatic nitrogens is 1. The van der Waals surface area contributed by atoms with Gasteiger partial charge in [-0.05, 0) is 31.5 Å². The lowest BCUT2D eigenvalue weighted by molar-refractivity contribution is -0.346. The molecule has 1 unspecified atom stereocenters. The zero-order valence-electron chi connectivity index (χ0n) is 14.4. The Hall–Kier alpha value is -1.59. The van der Waals surface area contributed by atoms with Crippen LogP contribution < -0.4 is 4.98 Å². The highest BCUT2D eigenvalue weighted by Crippen LogP contribution is 2.30. The molecule has 0 radical (unpaired) electrons. The largest absolute Gasteiger partial charge is 0.748 e. The first-order valence-electron chi connectivity index (χ1n) is 7.71. The van der Waals surface area contributed by atoms with E-state index in [4.69, 9.17) is 0 Å². The molecule has 1 aromatic heterocycles. The van der Waals surface area contributed by atoms with Gasteiger partial charge in [-0.15, -0.1) is 0 Å². The van der Waals surface area contributed by atoms with Gasteiger partial charge in [0.05, 0.1) is 15.5 Å². The van der Waals surface area contributed by atoms with Crippen LogP contribution in [0.2, 0.25) is 0 Å². The van der Waals surface area contributed by atoms with Crippen molar-refractivity contribution in [2.24, 2.45) is 0 Å². The Morgan fingerprint density at radius 2 is 1.81 bits per heavy atom. The van der Waals surface area contributed by atoms with Crippen molar-refractivity contribution in [2.75, 3.05) is 0 Å². The van der Waals surface area contributed by atoms with Gasteiger partial charge in [0.25, 0.3) is 10.1 Å². The van der Waals surface area contributed by atoms with Gasteiger partial charge >= 0.3 is 0 Å². The normalized spacial score (nSPS) is 13.4. The number of aromatic amines is 1. The molecule has 0 saturated heterocycles. The fourth-order valence-electron chi connectivity index (χ4n) is 2.32. The molecule has 7 nitrogen and oxygen atoms in total. The van der Waals surface area contributed by atoms with Crippen molar-refractivity contribution in [3.8, 4) is 0 Å². The van der Waals surface area contributed by atoms with Crippen LogP contribution in [0, 0.1) is 6.92 Å². The highest BCUT2D eigenvalue weighted by Gasteiger charge is 2.18. The monoisotopic (exact) mass is 417 g/mol. The molecular formula is C16H19NO6S3. The number of H-pyrrole nitrogens is 1. The van der Waals surface area contributed by atoms with Gasteiger partial charge in [-0.2, -0.15) is 13.4 Å². The summed E-state index contributed by atoms with van der Waals surface area (Å²) in [7, 11) is -8.20. The molecule has 0 aliphatic carbocycles. The van der Waals surface area contributed by atoms with Gasteiger partial charge in [-0.1, -0.05) is 30.4 Å². The average Bonchev–Trinajstić information content (AvgIpc) is 2.93. The molecule has 0 aliphatic heterocycles. The Kier molecular flexibility index (Phi) is 6.03. The molecule has 1 heterocycles. The van der Waals surface area contributed by atoms with Gasteiger partial charge in [0.1, 0.15) is 9.60 Å². The van der Waals surface area contributed by atoms with Crippen LogP contribution in [0.15, 0.2) is 35.2 Å². The van der Waals surface area contributed by atoms with Crippen LogP contribution in [0.5, 0.6) is 0 Å². The summed E-state index contributed by atoms with van der Waals surface area (Å²) in [6.07, 6.45) is 0.395. The van der Waals surface area contributed by atoms with E-state index in [0.717, 1.165) is 20.6 Å². The number of benzene rings is 2. The van der Waals surface area contributed by atoms with Crippen molar-refractivity contribution >= 4 is 52.6 Å². The maximum atomic E-state index is 11.3. The summed E-state index contributed by atoms with van der Waals surface area (Å²) in [6.45, 7) is 5.03. The van der Waals surface area contributed by atoms with E-state index in [1.807, 2.05) is 19.1 Å². The number of hydrogen-bond acceptors (Lipinski definition) is 6. The van der Waals surface area contributed by atoms with E-state index in [9.17, 15) is 25.9 Å². The first-order valence-corrected chi connectivity index (χ1v) is 11.4. The molecular weight excluding hydrogens is 398 g/mol. The van der Waals surface area contributed by atoms with Crippen molar-refractivity contribution in [3.05, 3.63) is 35.3 Å². The molecule has 0 spiro atoms. The maximum Gasteiger partial charge on any atom is 0.295 e. The van der Waals surface area contributed by atoms with Gasteiger partial charge < -0.3 is 4.55 Å². The van der Waals surface area contributed by atoms with Crippen molar-refractivity contribution in [1.29, 1.82) is 0 Å². The molecule has 26 heavy (non-hydrogen) atoms. The zero-order valence-corrected chi connectivity index (χ0v) is 16.8. The lowest BCUT2D eigenvalue weighted by Gasteiger charge is -2.12. The molecule has 2 N–H and O–H groups in total. The van der Waals surface area contributed by atoms with E-state index in [-0.39, 0.29) is 4.90 Å². The number of fused-ring (bicyclic) bond motifs is 3. The molecule has 2 aromatic carbocycles. The fourth-order valence-corrected chi connectivity index (χ4v) is 4.32. The first-order chi connectivity index (χ1) is 11.9. The fraction of sp³-hybridized carbons (Fsp3) is 0.312. The third kappa shape index (κ3) is 4.57. The topological polar surface area (TPSA) is 126 Å². The van der Waals surface area contributed by atoms with E-state index in [0.29, 0.717) is 11.8 Å². The highest BCUT2D eigenvalue weighted by atomic mass is 32.2. The highest BCUT2D eigenvalue weighted by molar-refractivity contribution is 7.86. The van der Waals surface area contributed by atoms with E-state index in [1.54, 1.807) is 30.4 Å². The summed E-state index contributed by atoms with van der Waals surface area (Å²) in [5, 5.41) is 1.64. The SMILES string of the molecule is CCC(C)S(=O)(=O)[O-].Cc1[nH+]c2c(ccc3c(S(=O)(=O)O)cccc32)s1. The predicted octanol–water partition coefficient (Wildman–Crippen LogP) is 2.75. The molecule has 3 rings (SSSR count). The second-order valence-electron chi connectivity index (χ2n) is 5.76. The van der Waals surface area contributed by atoms with Crippen LogP contribution in [0.25, 0.3) is 21.0 Å². The summed E-state index contributed by atoms with van der Waals surface area (Å²) >= 11 is 1.61. The summed E-state index contributed by atoms with van der Waals surface area (Å²) in [6, 6.07) is 8.47. The zero-order chi connectivity index (χ0) is 19.7. The molecule has 0 amide bonds. The van der Waals surface area contributed by atoms with Gasteiger partial charge in [0.15, 0.2) is 0 Å². The Morgan fingerprint density at radius 1 is 1.15 bits per heavy atom. The third-order valence-electron chi connectivity index (χ3n) is 3.89. The molecule has 0 saturated carbocycles. The number of nitrogens with one attached hydrogen (secondary N) is 1. The first kappa shape index (κ1) is 20.7. The van der Waals surface area contributed by atoms with E-state index < -0.39 is 25.5 Å². The standard InChI is InChI=1S/C12H9NO3S2.C4H10O3S/c1-7-13-12-9-3-2-4-11(18(14,15)16)8(9)5-6-10(12)17-7;1-3-4(2)8(5,6)7/h2-6H,1H3,(H,14,15,16);4H,3H2,1-2H3,(H,5,6,7). The molecule has 3 aromatic rings. The molecule has 0 aliphatic rings.